The number of hydrogen-bond donors (Lipinski definition) is 2. The third kappa shape index (κ3) is 4.17. The Bertz CT molecular complexity index is 812. The number of carbonyl (C=O) groups excluding carboxylic acids is 2. The maximum atomic E-state index is 12.5. The van der Waals surface area contributed by atoms with Crippen molar-refractivity contribution in [2.24, 2.45) is 11.8 Å². The smallest absolute Gasteiger partial charge is 0.232 e. The molecular formula is C22H26N4O2. The van der Waals surface area contributed by atoms with Crippen LogP contribution in [-0.4, -0.2) is 40.0 Å². The summed E-state index contributed by atoms with van der Waals surface area (Å²) in [5.74, 6) is -1.39. The molecule has 2 amide bonds. The van der Waals surface area contributed by atoms with Crippen LogP contribution in [0.3, 0.4) is 0 Å². The molecule has 0 aromatic heterocycles. The molecule has 1 aliphatic carbocycles. The van der Waals surface area contributed by atoms with Crippen molar-refractivity contribution in [3.63, 3.8) is 0 Å². The highest BCUT2D eigenvalue weighted by Crippen LogP contribution is 2.45. The molecule has 0 saturated heterocycles. The number of carbonyl (C=O) groups is 2. The molecule has 3 rings (SSSR count). The molecule has 2 atom stereocenters. The minimum absolute atomic E-state index is 0.203. The van der Waals surface area contributed by atoms with Crippen LogP contribution in [0.1, 0.15) is 0 Å². The zero-order valence-electron chi connectivity index (χ0n) is 16.7. The van der Waals surface area contributed by atoms with Crippen molar-refractivity contribution < 1.29 is 9.59 Å². The van der Waals surface area contributed by atoms with Crippen molar-refractivity contribution >= 4 is 34.6 Å². The second-order valence-electron chi connectivity index (χ2n) is 7.39. The van der Waals surface area contributed by atoms with E-state index >= 15 is 0 Å². The molecule has 6 heteroatoms. The lowest BCUT2D eigenvalue weighted by Gasteiger charge is -2.13. The lowest BCUT2D eigenvalue weighted by atomic mass is 10.2. The first-order chi connectivity index (χ1) is 13.3. The Balaban J connectivity index is 1.58. The summed E-state index contributed by atoms with van der Waals surface area (Å²) in [6.45, 7) is 3.89. The number of benzene rings is 2. The Morgan fingerprint density at radius 3 is 1.32 bits per heavy atom. The van der Waals surface area contributed by atoms with Gasteiger partial charge in [0.25, 0.3) is 0 Å². The Kier molecular flexibility index (Phi) is 5.40. The van der Waals surface area contributed by atoms with E-state index in [4.69, 9.17) is 0 Å². The van der Waals surface area contributed by atoms with Gasteiger partial charge in [-0.15, -0.1) is 0 Å². The van der Waals surface area contributed by atoms with Crippen LogP contribution in [0.2, 0.25) is 0 Å². The van der Waals surface area contributed by atoms with E-state index in [9.17, 15) is 9.59 Å². The first kappa shape index (κ1) is 19.5. The minimum Gasteiger partial charge on any atom is -0.378 e. The number of rotatable bonds is 6. The summed E-state index contributed by atoms with van der Waals surface area (Å²) in [5.41, 5.74) is 4.14. The van der Waals surface area contributed by atoms with Gasteiger partial charge in [0.15, 0.2) is 0 Å². The van der Waals surface area contributed by atoms with E-state index in [1.807, 2.05) is 86.5 Å². The molecule has 0 bridgehead atoms. The molecule has 0 heterocycles. The Morgan fingerprint density at radius 2 is 1.04 bits per heavy atom. The van der Waals surface area contributed by atoms with E-state index in [1.54, 1.807) is 0 Å². The van der Waals surface area contributed by atoms with Gasteiger partial charge >= 0.3 is 0 Å². The third-order valence-electron chi connectivity index (χ3n) is 4.89. The molecule has 0 spiro atoms. The largest absolute Gasteiger partial charge is 0.378 e. The fraction of sp³-hybridized carbons (Fsp3) is 0.273. The molecule has 6 nitrogen and oxygen atoms in total. The molecule has 2 aromatic rings. The van der Waals surface area contributed by atoms with Gasteiger partial charge < -0.3 is 20.4 Å². The monoisotopic (exact) mass is 378 g/mol. The standard InChI is InChI=1S/C22H26N4O2/c1-14-19(21(27)23-15-6-10-17(11-7-15)25(2)3)20(14)22(28)24-16-8-12-18(13-9-16)26(4)5/h6-13,19-20H,1H2,2-5H3,(H,23,27)(H,24,28). The number of nitrogens with zero attached hydrogens (tertiary/aromatic N) is 2. The fourth-order valence-corrected chi connectivity index (χ4v) is 3.08. The summed E-state index contributed by atoms with van der Waals surface area (Å²) in [7, 11) is 7.83. The van der Waals surface area contributed by atoms with Crippen LogP contribution in [0.15, 0.2) is 60.7 Å². The van der Waals surface area contributed by atoms with Gasteiger partial charge in [-0.1, -0.05) is 12.2 Å². The molecule has 0 radical (unpaired) electrons. The number of nitrogens with one attached hydrogen (secondary N) is 2. The average molecular weight is 378 g/mol. The van der Waals surface area contributed by atoms with Crippen molar-refractivity contribution in [1.82, 2.24) is 0 Å². The second kappa shape index (κ2) is 7.76. The van der Waals surface area contributed by atoms with Crippen molar-refractivity contribution in [3.05, 3.63) is 60.7 Å². The molecular weight excluding hydrogens is 352 g/mol. The van der Waals surface area contributed by atoms with Crippen LogP contribution in [-0.2, 0) is 9.59 Å². The summed E-state index contributed by atoms with van der Waals surface area (Å²) < 4.78 is 0. The Hall–Kier alpha value is -3.28. The van der Waals surface area contributed by atoms with E-state index in [1.165, 1.54) is 0 Å². The molecule has 1 aliphatic rings. The first-order valence-electron chi connectivity index (χ1n) is 9.13. The lowest BCUT2D eigenvalue weighted by molar-refractivity contribution is -0.122. The first-order valence-corrected chi connectivity index (χ1v) is 9.13. The normalized spacial score (nSPS) is 17.6. The van der Waals surface area contributed by atoms with E-state index < -0.39 is 11.8 Å². The number of anilines is 4. The van der Waals surface area contributed by atoms with Crippen molar-refractivity contribution in [3.8, 4) is 0 Å². The molecule has 1 saturated carbocycles. The van der Waals surface area contributed by atoms with Crippen LogP contribution in [0.25, 0.3) is 0 Å². The van der Waals surface area contributed by atoms with Crippen LogP contribution in [0.5, 0.6) is 0 Å². The number of hydrogen-bond acceptors (Lipinski definition) is 4. The topological polar surface area (TPSA) is 64.7 Å². The van der Waals surface area contributed by atoms with Crippen molar-refractivity contribution in [1.29, 1.82) is 0 Å². The van der Waals surface area contributed by atoms with Gasteiger partial charge in [-0.2, -0.15) is 0 Å². The van der Waals surface area contributed by atoms with Crippen molar-refractivity contribution in [2.45, 2.75) is 0 Å². The highest BCUT2D eigenvalue weighted by molar-refractivity contribution is 6.08. The van der Waals surface area contributed by atoms with Crippen LogP contribution in [0.4, 0.5) is 22.7 Å². The molecule has 1 fully saturated rings. The maximum Gasteiger partial charge on any atom is 0.232 e. The third-order valence-corrected chi connectivity index (χ3v) is 4.89. The highest BCUT2D eigenvalue weighted by Gasteiger charge is 2.52. The quantitative estimate of drug-likeness (QED) is 0.758. The van der Waals surface area contributed by atoms with E-state index in [2.05, 4.69) is 17.2 Å². The van der Waals surface area contributed by atoms with Crippen molar-refractivity contribution in [2.75, 3.05) is 48.6 Å². The summed E-state index contributed by atoms with van der Waals surface area (Å²) in [5, 5.41) is 5.73. The second-order valence-corrected chi connectivity index (χ2v) is 7.39. The Morgan fingerprint density at radius 1 is 0.714 bits per heavy atom. The lowest BCUT2D eigenvalue weighted by Crippen LogP contribution is -2.20. The van der Waals surface area contributed by atoms with Gasteiger partial charge in [0.1, 0.15) is 0 Å². The van der Waals surface area contributed by atoms with E-state index in [0.717, 1.165) is 11.4 Å². The van der Waals surface area contributed by atoms with Gasteiger partial charge in [-0.05, 0) is 48.5 Å². The molecule has 0 aliphatic heterocycles. The number of amides is 2. The van der Waals surface area contributed by atoms with E-state index in [0.29, 0.717) is 16.9 Å². The zero-order valence-corrected chi connectivity index (χ0v) is 16.7. The SMILES string of the molecule is C=C1C(C(=O)Nc2ccc(N(C)C)cc2)C1C(=O)Nc1ccc(N(C)C)cc1. The van der Waals surface area contributed by atoms with Gasteiger partial charge in [-0.25, -0.2) is 0 Å². The van der Waals surface area contributed by atoms with Gasteiger partial charge in [0.05, 0.1) is 11.8 Å². The molecule has 146 valence electrons. The van der Waals surface area contributed by atoms with Gasteiger partial charge in [0.2, 0.25) is 11.8 Å². The van der Waals surface area contributed by atoms with Crippen LogP contribution in [0, 0.1) is 11.8 Å². The summed E-state index contributed by atoms with van der Waals surface area (Å²) in [4.78, 5) is 29.0. The van der Waals surface area contributed by atoms with Gasteiger partial charge in [0, 0.05) is 50.9 Å². The molecule has 2 aromatic carbocycles. The maximum absolute atomic E-state index is 12.5. The fourth-order valence-electron chi connectivity index (χ4n) is 3.08. The average Bonchev–Trinajstić information content (AvgIpc) is 3.34. The van der Waals surface area contributed by atoms with Crippen LogP contribution < -0.4 is 20.4 Å². The summed E-state index contributed by atoms with van der Waals surface area (Å²) >= 11 is 0. The Labute approximate surface area is 165 Å². The summed E-state index contributed by atoms with van der Waals surface area (Å²) in [6, 6.07) is 15.1. The van der Waals surface area contributed by atoms with Gasteiger partial charge in [-0.3, -0.25) is 9.59 Å². The minimum atomic E-state index is -0.491. The predicted octanol–water partition coefficient (Wildman–Crippen LogP) is 3.20. The summed E-state index contributed by atoms with van der Waals surface area (Å²) in [6.07, 6.45) is 0. The zero-order chi connectivity index (χ0) is 20.4. The predicted molar refractivity (Wildman–Crippen MR) is 115 cm³/mol. The molecule has 2 unspecified atom stereocenters. The van der Waals surface area contributed by atoms with Crippen LogP contribution >= 0.6 is 0 Å². The highest BCUT2D eigenvalue weighted by atomic mass is 16.2. The van der Waals surface area contributed by atoms with E-state index in [-0.39, 0.29) is 11.8 Å². The molecule has 2 N–H and O–H groups in total. The molecule has 28 heavy (non-hydrogen) atoms.